The number of fused-ring (bicyclic) bond motifs is 1. The summed E-state index contributed by atoms with van der Waals surface area (Å²) in [5, 5.41) is 3.42. The molecule has 1 aliphatic heterocycles. The normalized spacial score (nSPS) is 16.0. The van der Waals surface area contributed by atoms with Crippen LogP contribution < -0.4 is 10.1 Å². The van der Waals surface area contributed by atoms with Gasteiger partial charge in [0.05, 0.1) is 30.3 Å². The number of hydrogen-bond donors (Lipinski definition) is 1. The molecule has 2 amide bonds. The molecule has 2 aromatic rings. The summed E-state index contributed by atoms with van der Waals surface area (Å²) >= 11 is 0. The van der Waals surface area contributed by atoms with Crippen molar-refractivity contribution in [2.24, 2.45) is 0 Å². The van der Waals surface area contributed by atoms with E-state index < -0.39 is 0 Å². The number of nitrogens with one attached hydrogen (secondary N) is 1. The van der Waals surface area contributed by atoms with E-state index in [0.29, 0.717) is 35.4 Å². The molecule has 0 bridgehead atoms. The van der Waals surface area contributed by atoms with Crippen molar-refractivity contribution in [3.8, 4) is 18.1 Å². The van der Waals surface area contributed by atoms with Crippen LogP contribution in [0.3, 0.4) is 0 Å². The Bertz CT molecular complexity index is 904. The molecule has 1 fully saturated rings. The summed E-state index contributed by atoms with van der Waals surface area (Å²) in [5.74, 6) is 2.86. The van der Waals surface area contributed by atoms with Crippen LogP contribution in [-0.2, 0) is 4.79 Å². The lowest BCUT2D eigenvalue weighted by Crippen LogP contribution is -2.42. The fraction of sp³-hybridized carbons (Fsp3) is 0.409. The average molecular weight is 379 g/mol. The van der Waals surface area contributed by atoms with Crippen LogP contribution in [0.15, 0.2) is 30.5 Å². The van der Waals surface area contributed by atoms with Gasteiger partial charge in [-0.15, -0.1) is 6.42 Å². The number of ether oxygens (including phenoxy) is 1. The predicted octanol–water partition coefficient (Wildman–Crippen LogP) is 2.77. The van der Waals surface area contributed by atoms with Gasteiger partial charge in [-0.3, -0.25) is 14.6 Å². The van der Waals surface area contributed by atoms with E-state index in [0.717, 1.165) is 25.7 Å². The van der Waals surface area contributed by atoms with Gasteiger partial charge in [0, 0.05) is 18.1 Å². The van der Waals surface area contributed by atoms with Gasteiger partial charge in [-0.2, -0.15) is 0 Å². The Balaban J connectivity index is 1.71. The fourth-order valence-corrected chi connectivity index (χ4v) is 3.34. The Kier molecular flexibility index (Phi) is 6.49. The van der Waals surface area contributed by atoms with Gasteiger partial charge in [-0.1, -0.05) is 19.3 Å². The van der Waals surface area contributed by atoms with Gasteiger partial charge in [0.1, 0.15) is 5.75 Å². The van der Waals surface area contributed by atoms with Gasteiger partial charge in [0.15, 0.2) is 0 Å². The second-order valence-electron chi connectivity index (χ2n) is 6.83. The van der Waals surface area contributed by atoms with Crippen LogP contribution in [0.25, 0.3) is 10.9 Å². The Labute approximate surface area is 165 Å². The smallest absolute Gasteiger partial charge is 0.252 e. The van der Waals surface area contributed by atoms with Crippen molar-refractivity contribution in [1.82, 2.24) is 15.2 Å². The number of aromatic nitrogens is 1. The summed E-state index contributed by atoms with van der Waals surface area (Å²) in [7, 11) is 0. The van der Waals surface area contributed by atoms with Gasteiger partial charge >= 0.3 is 0 Å². The van der Waals surface area contributed by atoms with Gasteiger partial charge < -0.3 is 15.0 Å². The third kappa shape index (κ3) is 4.42. The lowest BCUT2D eigenvalue weighted by atomic mass is 10.1. The Hall–Kier alpha value is -3.07. The quantitative estimate of drug-likeness (QED) is 0.593. The van der Waals surface area contributed by atoms with E-state index >= 15 is 0 Å². The van der Waals surface area contributed by atoms with E-state index in [-0.39, 0.29) is 24.4 Å². The second kappa shape index (κ2) is 9.23. The third-order valence-corrected chi connectivity index (χ3v) is 4.89. The van der Waals surface area contributed by atoms with E-state index in [1.807, 2.05) is 18.2 Å². The highest BCUT2D eigenvalue weighted by atomic mass is 16.5. The van der Waals surface area contributed by atoms with Crippen LogP contribution in [0, 0.1) is 12.3 Å². The molecular formula is C22H25N3O3. The molecule has 1 atom stereocenters. The second-order valence-corrected chi connectivity index (χ2v) is 6.83. The number of carbonyl (C=O) groups is 2. The number of terminal acetylenes is 1. The predicted molar refractivity (Wildman–Crippen MR) is 108 cm³/mol. The number of amides is 2. The number of pyridine rings is 1. The minimum Gasteiger partial charge on any atom is -0.494 e. The van der Waals surface area contributed by atoms with Crippen molar-refractivity contribution in [1.29, 1.82) is 0 Å². The van der Waals surface area contributed by atoms with Crippen molar-refractivity contribution >= 4 is 22.7 Å². The Morgan fingerprint density at radius 1 is 1.39 bits per heavy atom. The maximum atomic E-state index is 12.7. The summed E-state index contributed by atoms with van der Waals surface area (Å²) in [6.45, 7) is 3.30. The summed E-state index contributed by atoms with van der Waals surface area (Å²) in [6, 6.07) is 6.99. The molecule has 0 radical (unpaired) electrons. The van der Waals surface area contributed by atoms with E-state index in [1.165, 1.54) is 0 Å². The molecule has 2 heterocycles. The molecule has 0 saturated carbocycles. The highest BCUT2D eigenvalue weighted by molar-refractivity contribution is 6.07. The van der Waals surface area contributed by atoms with Crippen LogP contribution in [0.1, 0.15) is 43.0 Å². The number of rotatable bonds is 7. The number of likely N-dealkylation sites (tertiary alicyclic amines) is 1. The van der Waals surface area contributed by atoms with Crippen LogP contribution >= 0.6 is 0 Å². The minimum absolute atomic E-state index is 0.0759. The first kappa shape index (κ1) is 19.7. The van der Waals surface area contributed by atoms with Crippen molar-refractivity contribution in [2.45, 2.75) is 38.6 Å². The molecule has 1 unspecified atom stereocenters. The third-order valence-electron chi connectivity index (χ3n) is 4.89. The fourth-order valence-electron chi connectivity index (χ4n) is 3.34. The standard InChI is InChI=1S/C22H25N3O3/c1-3-5-13-28-17-8-9-20-19(14-17)18(10-11-23-20)22(27)24-15-21(26)25-12-6-7-16(25)4-2/h2,8-11,14,16H,3,5-7,12-13,15H2,1H3,(H,24,27). The van der Waals surface area contributed by atoms with E-state index in [9.17, 15) is 9.59 Å². The number of nitrogens with zero attached hydrogens (tertiary/aromatic N) is 2. The SMILES string of the molecule is C#CC1CCCN1C(=O)CNC(=O)c1ccnc2ccc(OCCCC)cc12. The summed E-state index contributed by atoms with van der Waals surface area (Å²) in [4.78, 5) is 31.1. The summed E-state index contributed by atoms with van der Waals surface area (Å²) in [5.41, 5.74) is 1.17. The van der Waals surface area contributed by atoms with Gasteiger partial charge in [-0.05, 0) is 43.5 Å². The molecule has 0 spiro atoms. The number of hydrogen-bond acceptors (Lipinski definition) is 4. The monoisotopic (exact) mass is 379 g/mol. The maximum Gasteiger partial charge on any atom is 0.252 e. The first-order chi connectivity index (χ1) is 13.6. The van der Waals surface area contributed by atoms with Crippen molar-refractivity contribution in [3.05, 3.63) is 36.0 Å². The molecule has 0 aliphatic carbocycles. The van der Waals surface area contributed by atoms with Gasteiger partial charge in [-0.25, -0.2) is 0 Å². The summed E-state index contributed by atoms with van der Waals surface area (Å²) in [6.07, 6.45) is 10.8. The minimum atomic E-state index is -0.317. The molecule has 146 valence electrons. The molecule has 1 N–H and O–H groups in total. The molecule has 1 aliphatic rings. The maximum absolute atomic E-state index is 12.7. The van der Waals surface area contributed by atoms with E-state index in [2.05, 4.69) is 23.1 Å². The van der Waals surface area contributed by atoms with Crippen LogP contribution in [0.5, 0.6) is 5.75 Å². The topological polar surface area (TPSA) is 71.5 Å². The van der Waals surface area contributed by atoms with Crippen LogP contribution in [-0.4, -0.2) is 47.4 Å². The molecule has 3 rings (SSSR count). The summed E-state index contributed by atoms with van der Waals surface area (Å²) < 4.78 is 5.74. The largest absolute Gasteiger partial charge is 0.494 e. The van der Waals surface area contributed by atoms with Crippen molar-refractivity contribution < 1.29 is 14.3 Å². The molecule has 6 heteroatoms. The zero-order valence-corrected chi connectivity index (χ0v) is 16.1. The number of carbonyl (C=O) groups excluding carboxylic acids is 2. The molecule has 1 saturated heterocycles. The van der Waals surface area contributed by atoms with Gasteiger partial charge in [0.25, 0.3) is 5.91 Å². The molecule has 1 aromatic carbocycles. The van der Waals surface area contributed by atoms with Crippen molar-refractivity contribution in [3.63, 3.8) is 0 Å². The number of unbranched alkanes of at least 4 members (excludes halogenated alkanes) is 1. The zero-order valence-electron chi connectivity index (χ0n) is 16.1. The zero-order chi connectivity index (χ0) is 19.9. The Morgan fingerprint density at radius 2 is 2.25 bits per heavy atom. The van der Waals surface area contributed by atoms with E-state index in [1.54, 1.807) is 17.2 Å². The Morgan fingerprint density at radius 3 is 3.04 bits per heavy atom. The lowest BCUT2D eigenvalue weighted by molar-refractivity contribution is -0.130. The van der Waals surface area contributed by atoms with Crippen LogP contribution in [0.4, 0.5) is 0 Å². The molecular weight excluding hydrogens is 354 g/mol. The molecule has 6 nitrogen and oxygen atoms in total. The number of benzene rings is 1. The van der Waals surface area contributed by atoms with Crippen LogP contribution in [0.2, 0.25) is 0 Å². The molecule has 1 aromatic heterocycles. The van der Waals surface area contributed by atoms with E-state index in [4.69, 9.17) is 11.2 Å². The first-order valence-electron chi connectivity index (χ1n) is 9.69. The van der Waals surface area contributed by atoms with Gasteiger partial charge in [0.2, 0.25) is 5.91 Å². The molecule has 28 heavy (non-hydrogen) atoms. The lowest BCUT2D eigenvalue weighted by Gasteiger charge is -2.20. The van der Waals surface area contributed by atoms with Crippen molar-refractivity contribution in [2.75, 3.05) is 19.7 Å². The highest BCUT2D eigenvalue weighted by Crippen LogP contribution is 2.23. The average Bonchev–Trinajstić information content (AvgIpc) is 3.20. The first-order valence-corrected chi connectivity index (χ1v) is 9.69. The highest BCUT2D eigenvalue weighted by Gasteiger charge is 2.27.